The van der Waals surface area contributed by atoms with Gasteiger partial charge in [0.1, 0.15) is 12.4 Å². The van der Waals surface area contributed by atoms with E-state index in [1.54, 1.807) is 19.4 Å². The second-order valence-electron chi connectivity index (χ2n) is 5.89. The summed E-state index contributed by atoms with van der Waals surface area (Å²) in [5, 5.41) is 13.5. The fourth-order valence-electron chi connectivity index (χ4n) is 2.72. The van der Waals surface area contributed by atoms with Gasteiger partial charge in [0.25, 0.3) is 0 Å². The van der Waals surface area contributed by atoms with Gasteiger partial charge in [-0.2, -0.15) is 10.1 Å². The molecule has 0 bridgehead atoms. The predicted molar refractivity (Wildman–Crippen MR) is 89.6 cm³/mol. The van der Waals surface area contributed by atoms with Crippen molar-refractivity contribution in [3.05, 3.63) is 36.1 Å². The molecule has 1 aliphatic carbocycles. The molecule has 0 fully saturated rings. The summed E-state index contributed by atoms with van der Waals surface area (Å²) in [6.45, 7) is 1.20. The van der Waals surface area contributed by atoms with Gasteiger partial charge >= 0.3 is 6.03 Å². The van der Waals surface area contributed by atoms with Gasteiger partial charge in [0, 0.05) is 19.7 Å². The van der Waals surface area contributed by atoms with Crippen molar-refractivity contribution in [2.45, 2.75) is 39.0 Å². The van der Waals surface area contributed by atoms with E-state index in [1.807, 2.05) is 4.68 Å². The molecule has 9 heteroatoms. The van der Waals surface area contributed by atoms with Crippen LogP contribution in [-0.4, -0.2) is 33.1 Å². The Morgan fingerprint density at radius 2 is 2.40 bits per heavy atom. The topological polar surface area (TPSA) is 107 Å². The average Bonchev–Trinajstić information content (AvgIpc) is 3.24. The number of hydrogen-bond donors (Lipinski definition) is 2. The first-order valence-corrected chi connectivity index (χ1v) is 8.26. The zero-order valence-electron chi connectivity index (χ0n) is 14.1. The normalized spacial score (nSPS) is 16.8. The Bertz CT molecular complexity index is 723. The van der Waals surface area contributed by atoms with Gasteiger partial charge in [-0.05, 0) is 25.2 Å². The maximum absolute atomic E-state index is 12.1. The molecule has 1 aliphatic rings. The van der Waals surface area contributed by atoms with Crippen molar-refractivity contribution >= 4 is 11.8 Å². The number of aromatic nitrogens is 4. The minimum atomic E-state index is -0.350. The Balaban J connectivity index is 1.49. The summed E-state index contributed by atoms with van der Waals surface area (Å²) in [5.74, 6) is 1.98. The second kappa shape index (κ2) is 8.43. The Kier molecular flexibility index (Phi) is 5.78. The number of hydrogen-bond acceptors (Lipinski definition) is 6. The lowest BCUT2D eigenvalue weighted by Crippen LogP contribution is -2.29. The smallest absolute Gasteiger partial charge is 0.320 e. The van der Waals surface area contributed by atoms with Gasteiger partial charge in [0.15, 0.2) is 5.82 Å². The number of nitrogens with zero attached hydrogens (tertiary/aromatic N) is 4. The lowest BCUT2D eigenvalue weighted by atomic mass is 9.94. The molecule has 0 spiro atoms. The number of carbonyl (C=O) groups is 1. The first-order chi connectivity index (χ1) is 12.2. The number of ether oxygens (including phenoxy) is 1. The fraction of sp³-hybridized carbons (Fsp3) is 0.500. The molecule has 0 radical (unpaired) electrons. The number of amides is 2. The maximum atomic E-state index is 12.1. The molecule has 2 aromatic rings. The predicted octanol–water partition coefficient (Wildman–Crippen LogP) is 2.09. The summed E-state index contributed by atoms with van der Waals surface area (Å²) in [4.78, 5) is 16.2. The van der Waals surface area contributed by atoms with E-state index in [0.29, 0.717) is 23.5 Å². The molecule has 1 atom stereocenters. The lowest BCUT2D eigenvalue weighted by molar-refractivity contribution is 0.174. The highest BCUT2D eigenvalue weighted by Gasteiger charge is 2.14. The third kappa shape index (κ3) is 4.90. The van der Waals surface area contributed by atoms with Crippen molar-refractivity contribution in [2.75, 3.05) is 12.4 Å². The molecular weight excluding hydrogens is 324 g/mol. The minimum Gasteiger partial charge on any atom is -0.377 e. The molecule has 0 aromatic carbocycles. The number of methoxy groups -OCH3 is 1. The van der Waals surface area contributed by atoms with E-state index < -0.39 is 0 Å². The Morgan fingerprint density at radius 1 is 1.48 bits per heavy atom. The molecule has 2 aromatic heterocycles. The van der Waals surface area contributed by atoms with E-state index in [-0.39, 0.29) is 19.2 Å². The number of nitrogens with one attached hydrogen (secondary N) is 2. The van der Waals surface area contributed by atoms with E-state index in [2.05, 4.69) is 38.0 Å². The molecule has 1 unspecified atom stereocenters. The highest BCUT2D eigenvalue weighted by Crippen LogP contribution is 2.21. The number of rotatable bonds is 7. The van der Waals surface area contributed by atoms with Crippen LogP contribution in [0.3, 0.4) is 0 Å². The number of carbonyl (C=O) groups excluding carboxylic acids is 1. The highest BCUT2D eigenvalue weighted by atomic mass is 16.5. The van der Waals surface area contributed by atoms with Crippen molar-refractivity contribution in [1.29, 1.82) is 0 Å². The molecule has 2 heterocycles. The van der Waals surface area contributed by atoms with Crippen molar-refractivity contribution in [2.24, 2.45) is 5.92 Å². The van der Waals surface area contributed by atoms with Crippen LogP contribution in [0.5, 0.6) is 0 Å². The zero-order chi connectivity index (χ0) is 17.5. The van der Waals surface area contributed by atoms with Crippen molar-refractivity contribution in [1.82, 2.24) is 25.2 Å². The van der Waals surface area contributed by atoms with Crippen LogP contribution in [0.1, 0.15) is 31.0 Å². The molecule has 2 amide bonds. The average molecular weight is 346 g/mol. The third-order valence-corrected chi connectivity index (χ3v) is 3.95. The van der Waals surface area contributed by atoms with Crippen molar-refractivity contribution in [3.63, 3.8) is 0 Å². The summed E-state index contributed by atoms with van der Waals surface area (Å²) in [5.41, 5.74) is 0. The standard InChI is InChI=1S/C16H22N6O3/c1-24-11-13-19-15(25-21-13)9-17-16(23)20-14-7-8-18-22(14)10-12-5-3-2-4-6-12/h2-3,7-8,12H,4-6,9-11H2,1H3,(H2,17,20,23). The Morgan fingerprint density at radius 3 is 3.20 bits per heavy atom. The molecule has 3 rings (SSSR count). The van der Waals surface area contributed by atoms with Gasteiger partial charge in [-0.1, -0.05) is 17.3 Å². The Labute approximate surface area is 145 Å². The largest absolute Gasteiger partial charge is 0.377 e. The zero-order valence-corrected chi connectivity index (χ0v) is 14.1. The van der Waals surface area contributed by atoms with Crippen molar-refractivity contribution < 1.29 is 14.1 Å². The van der Waals surface area contributed by atoms with Crippen LogP contribution < -0.4 is 10.6 Å². The third-order valence-electron chi connectivity index (χ3n) is 3.95. The molecule has 25 heavy (non-hydrogen) atoms. The fourth-order valence-corrected chi connectivity index (χ4v) is 2.72. The van der Waals surface area contributed by atoms with E-state index in [1.165, 1.54) is 0 Å². The molecule has 0 saturated carbocycles. The Hall–Kier alpha value is -2.68. The van der Waals surface area contributed by atoms with Crippen molar-refractivity contribution in [3.8, 4) is 0 Å². The monoisotopic (exact) mass is 346 g/mol. The molecule has 9 nitrogen and oxygen atoms in total. The van der Waals surface area contributed by atoms with E-state index in [9.17, 15) is 4.79 Å². The first-order valence-electron chi connectivity index (χ1n) is 8.26. The number of anilines is 1. The summed E-state index contributed by atoms with van der Waals surface area (Å²) < 4.78 is 11.8. The van der Waals surface area contributed by atoms with Crippen LogP contribution in [0.4, 0.5) is 10.6 Å². The van der Waals surface area contributed by atoms with Gasteiger partial charge in [-0.3, -0.25) is 5.32 Å². The van der Waals surface area contributed by atoms with Crippen LogP contribution in [-0.2, 0) is 24.4 Å². The first kappa shape index (κ1) is 17.2. The van der Waals surface area contributed by atoms with Crippen LogP contribution in [0, 0.1) is 5.92 Å². The van der Waals surface area contributed by atoms with Gasteiger partial charge in [0.05, 0.1) is 12.7 Å². The van der Waals surface area contributed by atoms with E-state index in [0.717, 1.165) is 25.8 Å². The quantitative estimate of drug-likeness (QED) is 0.743. The maximum Gasteiger partial charge on any atom is 0.320 e. The molecule has 0 aliphatic heterocycles. The number of allylic oxidation sites excluding steroid dienone is 2. The van der Waals surface area contributed by atoms with Gasteiger partial charge < -0.3 is 14.6 Å². The minimum absolute atomic E-state index is 0.143. The van der Waals surface area contributed by atoms with Crippen LogP contribution in [0.15, 0.2) is 28.9 Å². The van der Waals surface area contributed by atoms with Gasteiger partial charge in [0.2, 0.25) is 5.89 Å². The van der Waals surface area contributed by atoms with Gasteiger partial charge in [-0.25, -0.2) is 9.48 Å². The lowest BCUT2D eigenvalue weighted by Gasteiger charge is -2.19. The van der Waals surface area contributed by atoms with Crippen LogP contribution in [0.25, 0.3) is 0 Å². The number of urea groups is 1. The summed E-state index contributed by atoms with van der Waals surface area (Å²) in [6, 6.07) is 1.43. The van der Waals surface area contributed by atoms with Crippen LogP contribution >= 0.6 is 0 Å². The molecule has 0 saturated heterocycles. The summed E-state index contributed by atoms with van der Waals surface area (Å²) in [7, 11) is 1.55. The van der Waals surface area contributed by atoms with E-state index >= 15 is 0 Å². The molecular formula is C16H22N6O3. The molecule has 2 N–H and O–H groups in total. The van der Waals surface area contributed by atoms with Crippen LogP contribution in [0.2, 0.25) is 0 Å². The van der Waals surface area contributed by atoms with E-state index in [4.69, 9.17) is 9.26 Å². The molecule has 134 valence electrons. The second-order valence-corrected chi connectivity index (χ2v) is 5.89. The summed E-state index contributed by atoms with van der Waals surface area (Å²) in [6.07, 6.45) is 9.39. The summed E-state index contributed by atoms with van der Waals surface area (Å²) >= 11 is 0. The highest BCUT2D eigenvalue weighted by molar-refractivity contribution is 5.88. The van der Waals surface area contributed by atoms with Gasteiger partial charge in [-0.15, -0.1) is 0 Å². The SMILES string of the molecule is COCc1noc(CNC(=O)Nc2ccnn2CC2CC=CCC2)n1.